The van der Waals surface area contributed by atoms with Gasteiger partial charge in [-0.25, -0.2) is 4.57 Å². The second-order valence-electron chi connectivity index (χ2n) is 3.70. The first-order valence-electron chi connectivity index (χ1n) is 5.14. The SMILES string of the molecule is O=C(Nc1ccc(Cl)cc1Cl)c1nn(P(=O)(O)O)nc1Cl. The summed E-state index contributed by atoms with van der Waals surface area (Å²) in [7, 11) is -4.78. The van der Waals surface area contributed by atoms with Crippen molar-refractivity contribution in [3.63, 3.8) is 0 Å². The Balaban J connectivity index is 2.29. The number of hydrogen-bond acceptors (Lipinski definition) is 4. The van der Waals surface area contributed by atoms with Crippen LogP contribution in [0.4, 0.5) is 5.69 Å². The van der Waals surface area contributed by atoms with E-state index in [1.54, 1.807) is 0 Å². The van der Waals surface area contributed by atoms with Crippen LogP contribution in [0.3, 0.4) is 0 Å². The predicted molar refractivity (Wildman–Crippen MR) is 76.9 cm³/mol. The van der Waals surface area contributed by atoms with Crippen molar-refractivity contribution in [2.24, 2.45) is 0 Å². The minimum Gasteiger partial charge on any atom is -0.319 e. The van der Waals surface area contributed by atoms with Gasteiger partial charge in [-0.1, -0.05) is 39.4 Å². The summed E-state index contributed by atoms with van der Waals surface area (Å²) in [6, 6.07) is 4.36. The molecular weight excluding hydrogens is 365 g/mol. The zero-order chi connectivity index (χ0) is 15.8. The minimum atomic E-state index is -4.78. The van der Waals surface area contributed by atoms with Crippen LogP contribution in [0.5, 0.6) is 0 Å². The Hall–Kier alpha value is -1.15. The van der Waals surface area contributed by atoms with Crippen molar-refractivity contribution >= 4 is 54.1 Å². The smallest absolute Gasteiger partial charge is 0.319 e. The molecule has 2 rings (SSSR count). The summed E-state index contributed by atoms with van der Waals surface area (Å²) in [6.45, 7) is 0. The summed E-state index contributed by atoms with van der Waals surface area (Å²) in [6.07, 6.45) is 0. The highest BCUT2D eigenvalue weighted by atomic mass is 35.5. The Labute approximate surface area is 132 Å². The molecule has 21 heavy (non-hydrogen) atoms. The van der Waals surface area contributed by atoms with E-state index in [-0.39, 0.29) is 15.3 Å². The Morgan fingerprint density at radius 2 is 1.90 bits per heavy atom. The molecular formula is C9H6Cl3N4O4P. The van der Waals surface area contributed by atoms with E-state index in [2.05, 4.69) is 15.5 Å². The first-order valence-corrected chi connectivity index (χ1v) is 7.84. The van der Waals surface area contributed by atoms with E-state index in [1.165, 1.54) is 18.2 Å². The maximum Gasteiger partial charge on any atom is 0.466 e. The molecule has 0 aliphatic rings. The van der Waals surface area contributed by atoms with Crippen molar-refractivity contribution in [2.75, 3.05) is 5.32 Å². The summed E-state index contributed by atoms with van der Waals surface area (Å²) in [4.78, 5) is 29.7. The quantitative estimate of drug-likeness (QED) is 0.713. The van der Waals surface area contributed by atoms with E-state index < -0.39 is 24.5 Å². The van der Waals surface area contributed by atoms with Crippen LogP contribution < -0.4 is 5.32 Å². The molecule has 0 aliphatic heterocycles. The van der Waals surface area contributed by atoms with Crippen LogP contribution in [0.1, 0.15) is 10.5 Å². The maximum atomic E-state index is 12.0. The number of nitrogens with one attached hydrogen (secondary N) is 1. The first-order chi connectivity index (χ1) is 9.68. The number of benzene rings is 1. The third-order valence-corrected chi connectivity index (χ3v) is 3.64. The summed E-state index contributed by atoms with van der Waals surface area (Å²) in [5, 5.41) is 9.10. The summed E-state index contributed by atoms with van der Waals surface area (Å²) in [5.74, 6) is -0.830. The maximum absolute atomic E-state index is 12.0. The molecule has 12 heteroatoms. The van der Waals surface area contributed by atoms with Crippen molar-refractivity contribution in [1.82, 2.24) is 14.8 Å². The van der Waals surface area contributed by atoms with Gasteiger partial charge in [-0.2, -0.15) is 0 Å². The normalized spacial score (nSPS) is 11.5. The average molecular weight is 372 g/mol. The van der Waals surface area contributed by atoms with Gasteiger partial charge in [-0.15, -0.1) is 10.2 Å². The average Bonchev–Trinajstić information content (AvgIpc) is 2.75. The molecule has 0 unspecified atom stereocenters. The molecule has 1 aromatic heterocycles. The van der Waals surface area contributed by atoms with Crippen LogP contribution >= 0.6 is 42.5 Å². The van der Waals surface area contributed by atoms with Gasteiger partial charge >= 0.3 is 7.75 Å². The number of carbonyl (C=O) groups is 1. The van der Waals surface area contributed by atoms with Gasteiger partial charge in [0.1, 0.15) is 0 Å². The molecule has 0 fully saturated rings. The van der Waals surface area contributed by atoms with E-state index in [9.17, 15) is 9.36 Å². The van der Waals surface area contributed by atoms with Crippen LogP contribution in [-0.4, -0.2) is 30.5 Å². The highest BCUT2D eigenvalue weighted by molar-refractivity contribution is 7.49. The van der Waals surface area contributed by atoms with Gasteiger partial charge in [0.05, 0.1) is 10.7 Å². The zero-order valence-electron chi connectivity index (χ0n) is 9.87. The first kappa shape index (κ1) is 16.2. The highest BCUT2D eigenvalue weighted by Crippen LogP contribution is 2.35. The molecule has 0 atom stereocenters. The standard InChI is InChI=1S/C9H6Cl3N4O4P/c10-4-1-2-6(5(11)3-4)13-9(17)7-8(12)15-16(14-7)21(18,19)20/h1-3H,(H,13,17)(H2,18,19,20). The molecule has 3 N–H and O–H groups in total. The topological polar surface area (TPSA) is 117 Å². The number of amides is 1. The van der Waals surface area contributed by atoms with Gasteiger partial charge in [-0.3, -0.25) is 4.79 Å². The third-order valence-electron chi connectivity index (χ3n) is 2.19. The van der Waals surface area contributed by atoms with Crippen molar-refractivity contribution < 1.29 is 19.1 Å². The summed E-state index contributed by atoms with van der Waals surface area (Å²) < 4.78 is 11.0. The molecule has 0 radical (unpaired) electrons. The monoisotopic (exact) mass is 370 g/mol. The van der Waals surface area contributed by atoms with E-state index in [4.69, 9.17) is 44.6 Å². The van der Waals surface area contributed by atoms with E-state index in [0.29, 0.717) is 5.02 Å². The van der Waals surface area contributed by atoms with Crippen LogP contribution in [0.15, 0.2) is 18.2 Å². The number of rotatable bonds is 3. The van der Waals surface area contributed by atoms with Gasteiger partial charge in [-0.05, 0) is 18.2 Å². The Kier molecular flexibility index (Phi) is 4.57. The van der Waals surface area contributed by atoms with Gasteiger partial charge < -0.3 is 15.1 Å². The lowest BCUT2D eigenvalue weighted by Gasteiger charge is -2.05. The van der Waals surface area contributed by atoms with Gasteiger partial charge in [0.2, 0.25) is 0 Å². The fraction of sp³-hybridized carbons (Fsp3) is 0. The number of anilines is 1. The van der Waals surface area contributed by atoms with Crippen LogP contribution in [0, 0.1) is 0 Å². The number of nitrogens with zero attached hydrogens (tertiary/aromatic N) is 3. The van der Waals surface area contributed by atoms with E-state index in [0.717, 1.165) is 0 Å². The number of halogens is 3. The number of aromatic nitrogens is 3. The fourth-order valence-electron chi connectivity index (χ4n) is 1.31. The van der Waals surface area contributed by atoms with Crippen molar-refractivity contribution in [3.8, 4) is 0 Å². The Bertz CT molecular complexity index is 759. The molecule has 1 heterocycles. The van der Waals surface area contributed by atoms with Crippen LogP contribution in [-0.2, 0) is 4.57 Å². The number of hydrogen-bond donors (Lipinski definition) is 3. The Morgan fingerprint density at radius 1 is 1.24 bits per heavy atom. The molecule has 0 aliphatic carbocycles. The molecule has 1 amide bonds. The largest absolute Gasteiger partial charge is 0.466 e. The van der Waals surface area contributed by atoms with Gasteiger partial charge in [0, 0.05) is 5.02 Å². The molecule has 1 aromatic carbocycles. The molecule has 0 bridgehead atoms. The molecule has 0 saturated carbocycles. The lowest BCUT2D eigenvalue weighted by Crippen LogP contribution is -2.14. The summed E-state index contributed by atoms with van der Waals surface area (Å²) in [5.41, 5.74) is -0.223. The molecule has 112 valence electrons. The highest BCUT2D eigenvalue weighted by Gasteiger charge is 2.26. The second-order valence-corrected chi connectivity index (χ2v) is 6.29. The Morgan fingerprint density at radius 3 is 2.43 bits per heavy atom. The molecule has 2 aromatic rings. The number of carbonyl (C=O) groups excluding carboxylic acids is 1. The zero-order valence-corrected chi connectivity index (χ0v) is 13.0. The van der Waals surface area contributed by atoms with Crippen molar-refractivity contribution in [1.29, 1.82) is 0 Å². The van der Waals surface area contributed by atoms with E-state index >= 15 is 0 Å². The van der Waals surface area contributed by atoms with Crippen molar-refractivity contribution in [2.45, 2.75) is 0 Å². The van der Waals surface area contributed by atoms with Crippen LogP contribution in [0.2, 0.25) is 15.2 Å². The van der Waals surface area contributed by atoms with Gasteiger partial charge in [0.25, 0.3) is 5.91 Å². The molecule has 8 nitrogen and oxygen atoms in total. The molecule has 0 saturated heterocycles. The predicted octanol–water partition coefficient (Wildman–Crippen LogP) is 2.43. The molecule has 0 spiro atoms. The van der Waals surface area contributed by atoms with Crippen LogP contribution in [0.25, 0.3) is 0 Å². The second kappa shape index (κ2) is 5.92. The lowest BCUT2D eigenvalue weighted by atomic mass is 10.3. The third kappa shape index (κ3) is 3.74. The van der Waals surface area contributed by atoms with Gasteiger partial charge in [0.15, 0.2) is 10.8 Å². The lowest BCUT2D eigenvalue weighted by molar-refractivity contribution is 0.102. The summed E-state index contributed by atoms with van der Waals surface area (Å²) >= 11 is 17.2. The fourth-order valence-corrected chi connectivity index (χ4v) is 2.42. The minimum absolute atomic E-state index is 0.0632. The van der Waals surface area contributed by atoms with Crippen molar-refractivity contribution in [3.05, 3.63) is 39.1 Å². The van der Waals surface area contributed by atoms with E-state index in [1.807, 2.05) is 0 Å².